The Kier molecular flexibility index (Phi) is 4.41. The highest BCUT2D eigenvalue weighted by molar-refractivity contribution is 6.42. The molecule has 1 aliphatic heterocycles. The Bertz CT molecular complexity index is 1200. The lowest BCUT2D eigenvalue weighted by Crippen LogP contribution is -2.63. The van der Waals surface area contributed by atoms with Crippen molar-refractivity contribution >= 4 is 63.6 Å². The van der Waals surface area contributed by atoms with Gasteiger partial charge in [-0.3, -0.25) is 19.5 Å². The maximum atomic E-state index is 14.3. The number of halogens is 6. The molecular formula is C16H7Cl3F3N5O2. The molecule has 1 atom stereocenters. The van der Waals surface area contributed by atoms with Gasteiger partial charge in [0.2, 0.25) is 5.95 Å². The quantitative estimate of drug-likeness (QED) is 0.561. The number of amides is 2. The smallest absolute Gasteiger partial charge is 0.312 e. The summed E-state index contributed by atoms with van der Waals surface area (Å²) in [5, 5.41) is 3.68. The minimum atomic E-state index is -5.25. The minimum absolute atomic E-state index is 0.0400. The Labute approximate surface area is 174 Å². The second kappa shape index (κ2) is 6.48. The first-order valence-corrected chi connectivity index (χ1v) is 8.89. The molecule has 4 rings (SSSR count). The summed E-state index contributed by atoms with van der Waals surface area (Å²) in [7, 11) is 0. The van der Waals surface area contributed by atoms with Crippen LogP contribution in [0.5, 0.6) is 0 Å². The van der Waals surface area contributed by atoms with Gasteiger partial charge in [-0.2, -0.15) is 13.2 Å². The number of imidazole rings is 1. The number of pyridine rings is 1. The third-order valence-electron chi connectivity index (χ3n) is 4.24. The Hall–Kier alpha value is -2.56. The van der Waals surface area contributed by atoms with E-state index in [0.717, 1.165) is 12.1 Å². The zero-order valence-electron chi connectivity index (χ0n) is 13.8. The highest BCUT2D eigenvalue weighted by Gasteiger charge is 2.67. The zero-order chi connectivity index (χ0) is 21.1. The van der Waals surface area contributed by atoms with E-state index in [1.54, 1.807) is 5.32 Å². The van der Waals surface area contributed by atoms with E-state index in [9.17, 15) is 22.8 Å². The molecule has 1 aromatic carbocycles. The summed E-state index contributed by atoms with van der Waals surface area (Å²) < 4.78 is 43.3. The van der Waals surface area contributed by atoms with Gasteiger partial charge in [0, 0.05) is 0 Å². The Morgan fingerprint density at radius 1 is 1.14 bits per heavy atom. The molecule has 1 unspecified atom stereocenters. The molecule has 3 heterocycles. The van der Waals surface area contributed by atoms with Gasteiger partial charge in [-0.15, -0.1) is 0 Å². The number of carbonyl (C=O) groups excluding carboxylic acids is 2. The molecule has 2 aromatic heterocycles. The average Bonchev–Trinajstić information content (AvgIpc) is 3.09. The van der Waals surface area contributed by atoms with Gasteiger partial charge in [-0.25, -0.2) is 9.97 Å². The summed E-state index contributed by atoms with van der Waals surface area (Å²) in [4.78, 5) is 32.6. The Balaban J connectivity index is 1.93. The number of benzene rings is 1. The van der Waals surface area contributed by atoms with E-state index < -0.39 is 35.3 Å². The van der Waals surface area contributed by atoms with E-state index in [1.807, 2.05) is 5.32 Å². The molecule has 150 valence electrons. The molecule has 13 heteroatoms. The van der Waals surface area contributed by atoms with E-state index >= 15 is 0 Å². The molecule has 1 aliphatic rings. The fourth-order valence-electron chi connectivity index (χ4n) is 2.99. The Morgan fingerprint density at radius 3 is 2.48 bits per heavy atom. The maximum Gasteiger partial charge on any atom is 0.440 e. The van der Waals surface area contributed by atoms with Gasteiger partial charge in [0.15, 0.2) is 0 Å². The summed E-state index contributed by atoms with van der Waals surface area (Å²) >= 11 is 17.5. The lowest BCUT2D eigenvalue weighted by atomic mass is 10.1. The van der Waals surface area contributed by atoms with Crippen molar-refractivity contribution in [2.75, 3.05) is 5.32 Å². The Morgan fingerprint density at radius 2 is 1.83 bits per heavy atom. The number of fused-ring (bicyclic) bond motifs is 3. The van der Waals surface area contributed by atoms with Crippen LogP contribution in [0.25, 0.3) is 11.0 Å². The van der Waals surface area contributed by atoms with Gasteiger partial charge in [0.25, 0.3) is 17.5 Å². The average molecular weight is 465 g/mol. The van der Waals surface area contributed by atoms with E-state index in [4.69, 9.17) is 34.8 Å². The third-order valence-corrected chi connectivity index (χ3v) is 5.17. The molecule has 2 amide bonds. The van der Waals surface area contributed by atoms with Crippen molar-refractivity contribution in [2.45, 2.75) is 11.8 Å². The van der Waals surface area contributed by atoms with Gasteiger partial charge in [0.05, 0.1) is 21.1 Å². The number of nitrogens with one attached hydrogen (secondary N) is 2. The molecule has 0 spiro atoms. The summed E-state index contributed by atoms with van der Waals surface area (Å²) in [6.45, 7) is 0. The van der Waals surface area contributed by atoms with Gasteiger partial charge >= 0.3 is 6.18 Å². The van der Waals surface area contributed by atoms with Gasteiger partial charge in [-0.05, 0) is 24.3 Å². The zero-order valence-corrected chi connectivity index (χ0v) is 16.1. The third kappa shape index (κ3) is 2.90. The summed E-state index contributed by atoms with van der Waals surface area (Å²) in [5.41, 5.74) is -4.02. The van der Waals surface area contributed by atoms with Crippen LogP contribution in [0.4, 0.5) is 19.1 Å². The second-order valence-electron chi connectivity index (χ2n) is 5.99. The van der Waals surface area contributed by atoms with Crippen LogP contribution in [-0.4, -0.2) is 32.5 Å². The van der Waals surface area contributed by atoms with E-state index in [0.29, 0.717) is 4.57 Å². The van der Waals surface area contributed by atoms with Crippen molar-refractivity contribution in [1.29, 1.82) is 0 Å². The van der Waals surface area contributed by atoms with Crippen LogP contribution in [0.1, 0.15) is 10.5 Å². The number of aromatic nitrogens is 3. The second-order valence-corrected chi connectivity index (χ2v) is 7.19. The molecule has 3 aromatic rings. The van der Waals surface area contributed by atoms with Crippen molar-refractivity contribution in [1.82, 2.24) is 19.9 Å². The number of rotatable bonds is 2. The predicted octanol–water partition coefficient (Wildman–Crippen LogP) is 3.99. The molecule has 0 saturated carbocycles. The molecule has 0 aliphatic carbocycles. The van der Waals surface area contributed by atoms with Crippen molar-refractivity contribution in [3.8, 4) is 0 Å². The first-order valence-electron chi connectivity index (χ1n) is 7.76. The van der Waals surface area contributed by atoms with Crippen LogP contribution in [-0.2, 0) is 10.5 Å². The highest BCUT2D eigenvalue weighted by atomic mass is 35.5. The first-order chi connectivity index (χ1) is 13.5. The number of hydrogen-bond donors (Lipinski definition) is 2. The molecular weight excluding hydrogens is 458 g/mol. The van der Waals surface area contributed by atoms with E-state index in [1.165, 1.54) is 18.2 Å². The molecule has 0 fully saturated rings. The van der Waals surface area contributed by atoms with Crippen molar-refractivity contribution < 1.29 is 22.8 Å². The lowest BCUT2D eigenvalue weighted by molar-refractivity contribution is -0.213. The van der Waals surface area contributed by atoms with Crippen molar-refractivity contribution in [2.24, 2.45) is 0 Å². The van der Waals surface area contributed by atoms with Gasteiger partial charge < -0.3 is 5.32 Å². The van der Waals surface area contributed by atoms with Crippen LogP contribution >= 0.6 is 34.8 Å². The van der Waals surface area contributed by atoms with Gasteiger partial charge in [0.1, 0.15) is 10.8 Å². The standard InChI is InChI=1S/C16H7Cl3F3N5O2/c17-6-4-9-10(5-7(6)18)27-14(24-9)25-13(29)15(27,16(20,21)22)26-12(28)8-2-1-3-11(19)23-8/h1-5H,(H,26,28)(H,24,25,29). The monoisotopic (exact) mass is 463 g/mol. The lowest BCUT2D eigenvalue weighted by Gasteiger charge is -2.31. The number of alkyl halides is 3. The van der Waals surface area contributed by atoms with Crippen LogP contribution in [0.15, 0.2) is 30.3 Å². The number of anilines is 1. The van der Waals surface area contributed by atoms with Crippen molar-refractivity contribution in [3.63, 3.8) is 0 Å². The molecule has 0 radical (unpaired) electrons. The fraction of sp³-hybridized carbons (Fsp3) is 0.125. The molecule has 0 saturated heterocycles. The molecule has 2 N–H and O–H groups in total. The summed E-state index contributed by atoms with van der Waals surface area (Å²) in [6, 6.07) is 6.20. The van der Waals surface area contributed by atoms with Crippen LogP contribution < -0.4 is 10.6 Å². The fourth-order valence-corrected chi connectivity index (χ4v) is 3.47. The van der Waals surface area contributed by atoms with Crippen molar-refractivity contribution in [3.05, 3.63) is 51.2 Å². The molecule has 7 nitrogen and oxygen atoms in total. The maximum absolute atomic E-state index is 14.3. The molecule has 0 bridgehead atoms. The predicted molar refractivity (Wildman–Crippen MR) is 99.1 cm³/mol. The van der Waals surface area contributed by atoms with Crippen LogP contribution in [0.2, 0.25) is 15.2 Å². The number of carbonyl (C=O) groups is 2. The molecule has 29 heavy (non-hydrogen) atoms. The van der Waals surface area contributed by atoms with E-state index in [2.05, 4.69) is 9.97 Å². The first kappa shape index (κ1) is 19.7. The SMILES string of the molecule is O=C(NC1(C(F)(F)F)C(=O)Nc2nc3cc(Cl)c(Cl)cc3n21)c1cccc(Cl)n1. The summed E-state index contributed by atoms with van der Waals surface area (Å²) in [5.74, 6) is -3.24. The topological polar surface area (TPSA) is 88.9 Å². The normalized spacial score (nSPS) is 18.6. The van der Waals surface area contributed by atoms with Crippen LogP contribution in [0.3, 0.4) is 0 Å². The number of nitrogens with zero attached hydrogens (tertiary/aromatic N) is 3. The highest BCUT2D eigenvalue weighted by Crippen LogP contribution is 2.45. The minimum Gasteiger partial charge on any atom is -0.312 e. The van der Waals surface area contributed by atoms with E-state index in [-0.39, 0.29) is 26.2 Å². The van der Waals surface area contributed by atoms with Gasteiger partial charge in [-0.1, -0.05) is 40.9 Å². The number of hydrogen-bond acceptors (Lipinski definition) is 4. The largest absolute Gasteiger partial charge is 0.440 e. The van der Waals surface area contributed by atoms with Crippen LogP contribution in [0, 0.1) is 0 Å². The summed E-state index contributed by atoms with van der Waals surface area (Å²) in [6.07, 6.45) is -5.25.